The maximum absolute atomic E-state index is 14.1. The van der Waals surface area contributed by atoms with Crippen LogP contribution in [-0.4, -0.2) is 70.9 Å². The van der Waals surface area contributed by atoms with Crippen LogP contribution in [0.3, 0.4) is 0 Å². The van der Waals surface area contributed by atoms with E-state index in [1.807, 2.05) is 12.1 Å². The minimum absolute atomic E-state index is 0.125. The van der Waals surface area contributed by atoms with E-state index in [1.54, 1.807) is 52.5 Å². The molecule has 3 N–H and O–H groups in total. The summed E-state index contributed by atoms with van der Waals surface area (Å²) in [4.78, 5) is 51.2. The van der Waals surface area contributed by atoms with Crippen LogP contribution in [0, 0.1) is 5.82 Å². The number of hydrogen-bond donors (Lipinski definition) is 2. The number of anilines is 1. The summed E-state index contributed by atoms with van der Waals surface area (Å²) in [5.41, 5.74) is 7.27. The molecule has 5 rings (SSSR count). The number of halogens is 1. The third kappa shape index (κ3) is 8.58. The van der Waals surface area contributed by atoms with E-state index in [2.05, 4.69) is 20.3 Å². The molecule has 1 aromatic carbocycles. The van der Waals surface area contributed by atoms with E-state index >= 15 is 0 Å². The number of pyridine rings is 1. The average Bonchev–Trinajstić information content (AvgIpc) is 3.59. The fourth-order valence-electron chi connectivity index (χ4n) is 4.82. The molecule has 4 heterocycles. The predicted octanol–water partition coefficient (Wildman–Crippen LogP) is 5.85. The SMILES string of the molecule is CC(C)(C)OC(=O)N(CCc1nc2c(NCc3ncccc3F)ncnc2s1)CCc1nc2cc(CN)ccc2n1C(=O)OC(C)(C)C. The maximum Gasteiger partial charge on any atom is 0.420 e. The zero-order chi connectivity index (χ0) is 34.6. The number of nitrogens with two attached hydrogens (primary N) is 1. The van der Waals surface area contributed by atoms with Gasteiger partial charge in [-0.25, -0.2) is 38.5 Å². The van der Waals surface area contributed by atoms with Crippen LogP contribution in [0.4, 0.5) is 19.8 Å². The highest BCUT2D eigenvalue weighted by atomic mass is 32.1. The highest BCUT2D eigenvalue weighted by Gasteiger charge is 2.26. The summed E-state index contributed by atoms with van der Waals surface area (Å²) in [6.07, 6.45) is 2.52. The molecule has 0 spiro atoms. The summed E-state index contributed by atoms with van der Waals surface area (Å²) < 4.78 is 27.0. The van der Waals surface area contributed by atoms with Gasteiger partial charge in [0.1, 0.15) is 39.5 Å². The molecule has 4 aromatic heterocycles. The lowest BCUT2D eigenvalue weighted by molar-refractivity contribution is 0.0253. The van der Waals surface area contributed by atoms with Gasteiger partial charge in [0.15, 0.2) is 5.82 Å². The molecule has 0 unspecified atom stereocenters. The average molecular weight is 678 g/mol. The Morgan fingerprint density at radius 2 is 1.75 bits per heavy atom. The first-order valence-electron chi connectivity index (χ1n) is 15.6. The second-order valence-electron chi connectivity index (χ2n) is 13.1. The van der Waals surface area contributed by atoms with Gasteiger partial charge in [0.05, 0.1) is 28.3 Å². The van der Waals surface area contributed by atoms with Crippen LogP contribution in [0.5, 0.6) is 0 Å². The minimum Gasteiger partial charge on any atom is -0.444 e. The maximum atomic E-state index is 14.1. The summed E-state index contributed by atoms with van der Waals surface area (Å²) in [6.45, 7) is 11.7. The second-order valence-corrected chi connectivity index (χ2v) is 14.2. The molecule has 0 saturated carbocycles. The summed E-state index contributed by atoms with van der Waals surface area (Å²) >= 11 is 1.38. The van der Waals surface area contributed by atoms with E-state index < -0.39 is 29.2 Å². The fourth-order valence-corrected chi connectivity index (χ4v) is 5.71. The molecule has 48 heavy (non-hydrogen) atoms. The number of benzene rings is 1. The summed E-state index contributed by atoms with van der Waals surface area (Å²) in [7, 11) is 0. The molecule has 0 bridgehead atoms. The zero-order valence-electron chi connectivity index (χ0n) is 27.9. The number of fused-ring (bicyclic) bond motifs is 2. The Balaban J connectivity index is 1.37. The van der Waals surface area contributed by atoms with Crippen molar-refractivity contribution in [1.29, 1.82) is 0 Å². The Bertz CT molecular complexity index is 1930. The van der Waals surface area contributed by atoms with Crippen LogP contribution in [-0.2, 0) is 35.4 Å². The number of carbonyl (C=O) groups is 2. The molecule has 0 saturated heterocycles. The monoisotopic (exact) mass is 677 g/mol. The number of thiazole rings is 1. The molecule has 1 amide bonds. The van der Waals surface area contributed by atoms with Gasteiger partial charge >= 0.3 is 12.2 Å². The van der Waals surface area contributed by atoms with E-state index in [0.29, 0.717) is 46.0 Å². The number of rotatable bonds is 10. The molecule has 254 valence electrons. The first-order valence-corrected chi connectivity index (χ1v) is 16.4. The summed E-state index contributed by atoms with van der Waals surface area (Å²) in [5, 5.41) is 3.83. The predicted molar refractivity (Wildman–Crippen MR) is 181 cm³/mol. The van der Waals surface area contributed by atoms with Crippen LogP contribution in [0.25, 0.3) is 21.4 Å². The Morgan fingerprint density at radius 1 is 1.00 bits per heavy atom. The number of ether oxygens (including phenoxy) is 2. The molecule has 0 fully saturated rings. The van der Waals surface area contributed by atoms with Gasteiger partial charge in [0, 0.05) is 38.7 Å². The van der Waals surface area contributed by atoms with Crippen molar-refractivity contribution in [3.05, 3.63) is 70.8 Å². The lowest BCUT2D eigenvalue weighted by Gasteiger charge is -2.27. The van der Waals surface area contributed by atoms with E-state index in [-0.39, 0.29) is 31.7 Å². The molecule has 5 aromatic rings. The summed E-state index contributed by atoms with van der Waals surface area (Å²) in [5.74, 6) is 0.478. The van der Waals surface area contributed by atoms with Gasteiger partial charge in [-0.1, -0.05) is 17.4 Å². The second kappa shape index (κ2) is 14.2. The van der Waals surface area contributed by atoms with E-state index in [9.17, 15) is 14.0 Å². The Labute approximate surface area is 281 Å². The highest BCUT2D eigenvalue weighted by molar-refractivity contribution is 7.18. The van der Waals surface area contributed by atoms with Gasteiger partial charge in [-0.2, -0.15) is 0 Å². The van der Waals surface area contributed by atoms with Crippen molar-refractivity contribution in [2.45, 2.75) is 78.7 Å². The molecule has 0 aliphatic rings. The third-order valence-electron chi connectivity index (χ3n) is 6.95. The molecular weight excluding hydrogens is 637 g/mol. The van der Waals surface area contributed by atoms with Gasteiger partial charge in [0.25, 0.3) is 0 Å². The van der Waals surface area contributed by atoms with Crippen molar-refractivity contribution >= 4 is 50.7 Å². The number of carbonyl (C=O) groups excluding carboxylic acids is 2. The van der Waals surface area contributed by atoms with Crippen LogP contribution < -0.4 is 11.1 Å². The molecule has 0 radical (unpaired) electrons. The van der Waals surface area contributed by atoms with Crippen molar-refractivity contribution in [2.24, 2.45) is 5.73 Å². The lowest BCUT2D eigenvalue weighted by atomic mass is 10.2. The normalized spacial score (nSPS) is 12.0. The first-order chi connectivity index (χ1) is 22.7. The quantitative estimate of drug-likeness (QED) is 0.182. The largest absolute Gasteiger partial charge is 0.444 e. The van der Waals surface area contributed by atoms with Gasteiger partial charge in [-0.05, 0) is 71.4 Å². The molecule has 13 nitrogen and oxygen atoms in total. The number of nitrogens with one attached hydrogen (secondary N) is 1. The molecular formula is C33H40FN9O4S. The number of hydrogen-bond acceptors (Lipinski definition) is 12. The number of aromatic nitrogens is 6. The third-order valence-corrected chi connectivity index (χ3v) is 7.97. The smallest absolute Gasteiger partial charge is 0.420 e. The van der Waals surface area contributed by atoms with Gasteiger partial charge in [-0.15, -0.1) is 0 Å². The van der Waals surface area contributed by atoms with Crippen LogP contribution in [0.15, 0.2) is 42.9 Å². The van der Waals surface area contributed by atoms with Crippen molar-refractivity contribution < 1.29 is 23.5 Å². The number of amides is 1. The Hall–Kier alpha value is -4.76. The van der Waals surface area contributed by atoms with Crippen LogP contribution in [0.2, 0.25) is 0 Å². The van der Waals surface area contributed by atoms with Gasteiger partial charge < -0.3 is 25.4 Å². The topological polar surface area (TPSA) is 163 Å². The minimum atomic E-state index is -0.726. The van der Waals surface area contributed by atoms with Crippen molar-refractivity contribution in [2.75, 3.05) is 18.4 Å². The van der Waals surface area contributed by atoms with Gasteiger partial charge in [0.2, 0.25) is 0 Å². The Morgan fingerprint density at radius 3 is 2.46 bits per heavy atom. The van der Waals surface area contributed by atoms with Gasteiger partial charge in [-0.3, -0.25) is 4.98 Å². The number of nitrogens with zero attached hydrogens (tertiary/aromatic N) is 7. The zero-order valence-corrected chi connectivity index (χ0v) is 28.7. The first kappa shape index (κ1) is 34.6. The standard InChI is InChI=1S/C33H40FN9O4S/c1-32(2,3)46-30(44)42(14-11-25-40-22-16-20(17-35)9-10-24(22)43(25)31(45)47-33(4,5)6)15-12-26-41-27-28(38-19-39-29(27)48-26)37-18-23-21(34)8-7-13-36-23/h7-10,13,16,19H,11-12,14-15,17-18,35H2,1-6H3,(H,37,38,39). The van der Waals surface area contributed by atoms with E-state index in [4.69, 9.17) is 25.2 Å². The van der Waals surface area contributed by atoms with Crippen molar-refractivity contribution in [1.82, 2.24) is 34.4 Å². The molecule has 0 atom stereocenters. The van der Waals surface area contributed by atoms with E-state index in [0.717, 1.165) is 10.6 Å². The van der Waals surface area contributed by atoms with Crippen molar-refractivity contribution in [3.63, 3.8) is 0 Å². The fraction of sp³-hybridized carbons (Fsp3) is 0.424. The lowest BCUT2D eigenvalue weighted by Crippen LogP contribution is -2.39. The Kier molecular flexibility index (Phi) is 10.2. The van der Waals surface area contributed by atoms with E-state index in [1.165, 1.54) is 40.6 Å². The summed E-state index contributed by atoms with van der Waals surface area (Å²) in [6, 6.07) is 8.38. The number of imidazole rings is 1. The molecule has 15 heteroatoms. The van der Waals surface area contributed by atoms with Crippen molar-refractivity contribution in [3.8, 4) is 0 Å². The van der Waals surface area contributed by atoms with Crippen LogP contribution in [0.1, 0.15) is 63.6 Å². The molecule has 0 aliphatic carbocycles. The highest BCUT2D eigenvalue weighted by Crippen LogP contribution is 2.26. The molecule has 0 aliphatic heterocycles. The van der Waals surface area contributed by atoms with Crippen LogP contribution >= 0.6 is 11.3 Å².